The molecule has 1 aliphatic rings. The molecule has 0 unspecified atom stereocenters. The van der Waals surface area contributed by atoms with Crippen LogP contribution in [0.3, 0.4) is 0 Å². The summed E-state index contributed by atoms with van der Waals surface area (Å²) in [6.45, 7) is 11.5. The van der Waals surface area contributed by atoms with Crippen molar-refractivity contribution in [1.29, 1.82) is 0 Å². The minimum atomic E-state index is -1.30. The van der Waals surface area contributed by atoms with Crippen LogP contribution in [-0.4, -0.2) is 11.9 Å². The fraction of sp³-hybridized carbons (Fsp3) is 0.333. The average Bonchev–Trinajstić information content (AvgIpc) is 2.66. The van der Waals surface area contributed by atoms with Gasteiger partial charge < -0.3 is 9.47 Å². The van der Waals surface area contributed by atoms with E-state index in [1.165, 1.54) is 0 Å². The highest BCUT2D eigenvalue weighted by molar-refractivity contribution is 6.01. The van der Waals surface area contributed by atoms with Crippen molar-refractivity contribution >= 4 is 22.7 Å². The Labute approximate surface area is 165 Å². The lowest BCUT2D eigenvalue weighted by Crippen LogP contribution is -2.47. The van der Waals surface area contributed by atoms with Crippen LogP contribution >= 0.6 is 0 Å². The first-order chi connectivity index (χ1) is 13.3. The maximum absolute atomic E-state index is 13.0. The molecule has 0 amide bonds. The van der Waals surface area contributed by atoms with Crippen molar-refractivity contribution in [3.63, 3.8) is 0 Å². The first-order valence-corrected chi connectivity index (χ1v) is 9.51. The van der Waals surface area contributed by atoms with E-state index in [0.29, 0.717) is 31.2 Å². The molecular formula is C24H26O4. The number of benzene rings is 2. The standard InChI is InChI=1S/C24H26O4/c1-16(2)11-13-24(14-12-17(3)4)22(25)27-21(28-23(24)26)20-10-9-18-7-5-6-8-19(18)15-20/h5-10,15,21H,1,3,11-14H2,2,4H3. The molecule has 28 heavy (non-hydrogen) atoms. The summed E-state index contributed by atoms with van der Waals surface area (Å²) in [7, 11) is 0. The number of rotatable bonds is 7. The molecule has 0 aliphatic carbocycles. The Morgan fingerprint density at radius 2 is 1.43 bits per heavy atom. The summed E-state index contributed by atoms with van der Waals surface area (Å²) in [5, 5.41) is 2.06. The molecule has 1 saturated heterocycles. The van der Waals surface area contributed by atoms with E-state index in [1.54, 1.807) is 0 Å². The van der Waals surface area contributed by atoms with Crippen LogP contribution in [0.1, 0.15) is 51.4 Å². The first kappa shape index (κ1) is 19.9. The SMILES string of the molecule is C=C(C)CCC1(CCC(=C)C)C(=O)OC(c2ccc3ccccc3c2)OC1=O. The first-order valence-electron chi connectivity index (χ1n) is 9.51. The normalized spacial score (nSPS) is 16.5. The van der Waals surface area contributed by atoms with E-state index >= 15 is 0 Å². The molecule has 1 aliphatic heterocycles. The molecule has 2 aromatic rings. The number of carbonyl (C=O) groups is 2. The van der Waals surface area contributed by atoms with Crippen molar-refractivity contribution < 1.29 is 19.1 Å². The highest BCUT2D eigenvalue weighted by atomic mass is 16.7. The number of hydrogen-bond acceptors (Lipinski definition) is 4. The summed E-state index contributed by atoms with van der Waals surface area (Å²) in [5.41, 5.74) is 1.17. The zero-order valence-electron chi connectivity index (χ0n) is 16.5. The Morgan fingerprint density at radius 1 is 0.893 bits per heavy atom. The van der Waals surface area contributed by atoms with Crippen LogP contribution < -0.4 is 0 Å². The second-order valence-corrected chi connectivity index (χ2v) is 7.75. The van der Waals surface area contributed by atoms with Crippen LogP contribution in [-0.2, 0) is 19.1 Å². The van der Waals surface area contributed by atoms with Gasteiger partial charge in [-0.15, -0.1) is 13.2 Å². The van der Waals surface area contributed by atoms with E-state index in [0.717, 1.165) is 21.9 Å². The van der Waals surface area contributed by atoms with Gasteiger partial charge in [-0.05, 0) is 56.4 Å². The zero-order chi connectivity index (χ0) is 20.3. The van der Waals surface area contributed by atoms with Gasteiger partial charge in [0, 0.05) is 5.56 Å². The van der Waals surface area contributed by atoms with E-state index in [-0.39, 0.29) is 0 Å². The summed E-state index contributed by atoms with van der Waals surface area (Å²) >= 11 is 0. The smallest absolute Gasteiger partial charge is 0.326 e. The molecule has 3 rings (SSSR count). The number of fused-ring (bicyclic) bond motifs is 1. The van der Waals surface area contributed by atoms with Crippen LogP contribution in [0.5, 0.6) is 0 Å². The Hall–Kier alpha value is -2.88. The van der Waals surface area contributed by atoms with E-state index < -0.39 is 23.6 Å². The van der Waals surface area contributed by atoms with Gasteiger partial charge in [0.1, 0.15) is 0 Å². The second kappa shape index (κ2) is 8.01. The molecule has 4 nitrogen and oxygen atoms in total. The summed E-state index contributed by atoms with van der Waals surface area (Å²) in [5.74, 6) is -1.05. The molecule has 0 aromatic heterocycles. The summed E-state index contributed by atoms with van der Waals surface area (Å²) < 4.78 is 11.3. The third-order valence-corrected chi connectivity index (χ3v) is 5.21. The van der Waals surface area contributed by atoms with Gasteiger partial charge in [0.15, 0.2) is 5.41 Å². The van der Waals surface area contributed by atoms with Gasteiger partial charge in [0.05, 0.1) is 0 Å². The molecule has 4 heteroatoms. The lowest BCUT2D eigenvalue weighted by molar-refractivity contribution is -0.227. The molecule has 1 heterocycles. The highest BCUT2D eigenvalue weighted by Gasteiger charge is 2.53. The molecule has 2 aromatic carbocycles. The van der Waals surface area contributed by atoms with E-state index in [1.807, 2.05) is 56.3 Å². The summed E-state index contributed by atoms with van der Waals surface area (Å²) in [6, 6.07) is 13.5. The van der Waals surface area contributed by atoms with Crippen molar-refractivity contribution in [2.45, 2.75) is 45.8 Å². The van der Waals surface area contributed by atoms with Crippen LogP contribution in [0.2, 0.25) is 0 Å². The fourth-order valence-electron chi connectivity index (χ4n) is 3.40. The molecule has 1 fully saturated rings. The van der Waals surface area contributed by atoms with E-state index in [2.05, 4.69) is 13.2 Å². The van der Waals surface area contributed by atoms with Crippen molar-refractivity contribution in [2.24, 2.45) is 5.41 Å². The summed E-state index contributed by atoms with van der Waals surface area (Å²) in [6.07, 6.45) is 0.754. The largest absolute Gasteiger partial charge is 0.420 e. The monoisotopic (exact) mass is 378 g/mol. The zero-order valence-corrected chi connectivity index (χ0v) is 16.5. The van der Waals surface area contributed by atoms with Crippen molar-refractivity contribution in [3.05, 3.63) is 72.3 Å². The number of cyclic esters (lactones) is 2. The summed E-state index contributed by atoms with van der Waals surface area (Å²) in [4.78, 5) is 26.0. The number of hydrogen-bond donors (Lipinski definition) is 0. The number of allylic oxidation sites excluding steroid dienone is 2. The number of ether oxygens (including phenoxy) is 2. The Kier molecular flexibility index (Phi) is 5.68. The average molecular weight is 378 g/mol. The maximum Gasteiger partial charge on any atom is 0.326 e. The fourth-order valence-corrected chi connectivity index (χ4v) is 3.40. The number of carbonyl (C=O) groups excluding carboxylic acids is 2. The molecule has 0 radical (unpaired) electrons. The minimum Gasteiger partial charge on any atom is -0.420 e. The molecule has 146 valence electrons. The molecule has 0 bridgehead atoms. The van der Waals surface area contributed by atoms with Gasteiger partial charge in [0.25, 0.3) is 6.29 Å². The van der Waals surface area contributed by atoms with Crippen LogP contribution in [0.25, 0.3) is 10.8 Å². The van der Waals surface area contributed by atoms with Crippen molar-refractivity contribution in [2.75, 3.05) is 0 Å². The predicted octanol–water partition coefficient (Wildman–Crippen LogP) is 5.64. The van der Waals surface area contributed by atoms with Gasteiger partial charge in [-0.1, -0.05) is 47.5 Å². The lowest BCUT2D eigenvalue weighted by atomic mass is 9.77. The van der Waals surface area contributed by atoms with Gasteiger partial charge in [-0.2, -0.15) is 0 Å². The van der Waals surface area contributed by atoms with Crippen molar-refractivity contribution in [3.8, 4) is 0 Å². The topological polar surface area (TPSA) is 52.6 Å². The Bertz CT molecular complexity index is 903. The van der Waals surface area contributed by atoms with Crippen molar-refractivity contribution in [1.82, 2.24) is 0 Å². The Balaban J connectivity index is 1.87. The third-order valence-electron chi connectivity index (χ3n) is 5.21. The Morgan fingerprint density at radius 3 is 1.96 bits per heavy atom. The van der Waals surface area contributed by atoms with Gasteiger partial charge in [0.2, 0.25) is 0 Å². The second-order valence-electron chi connectivity index (χ2n) is 7.75. The van der Waals surface area contributed by atoms with E-state index in [9.17, 15) is 9.59 Å². The molecule has 0 N–H and O–H groups in total. The minimum absolute atomic E-state index is 0.331. The quantitative estimate of drug-likeness (QED) is 0.355. The molecule has 0 saturated carbocycles. The van der Waals surface area contributed by atoms with Crippen LogP contribution in [0.15, 0.2) is 66.8 Å². The van der Waals surface area contributed by atoms with Crippen LogP contribution in [0, 0.1) is 5.41 Å². The predicted molar refractivity (Wildman–Crippen MR) is 109 cm³/mol. The van der Waals surface area contributed by atoms with Crippen LogP contribution in [0.4, 0.5) is 0 Å². The lowest BCUT2D eigenvalue weighted by Gasteiger charge is -2.37. The highest BCUT2D eigenvalue weighted by Crippen LogP contribution is 2.42. The molecular weight excluding hydrogens is 352 g/mol. The molecule has 0 spiro atoms. The maximum atomic E-state index is 13.0. The van der Waals surface area contributed by atoms with E-state index in [4.69, 9.17) is 9.47 Å². The number of esters is 2. The molecule has 0 atom stereocenters. The van der Waals surface area contributed by atoms with Gasteiger partial charge in [-0.3, -0.25) is 9.59 Å². The van der Waals surface area contributed by atoms with Gasteiger partial charge >= 0.3 is 11.9 Å². The van der Waals surface area contributed by atoms with Gasteiger partial charge in [-0.25, -0.2) is 0 Å². The third kappa shape index (κ3) is 4.01.